The van der Waals surface area contributed by atoms with Crippen molar-refractivity contribution in [2.75, 3.05) is 33.2 Å². The summed E-state index contributed by atoms with van der Waals surface area (Å²) in [4.78, 5) is 29.3. The van der Waals surface area contributed by atoms with Crippen molar-refractivity contribution in [2.24, 2.45) is 5.92 Å². The summed E-state index contributed by atoms with van der Waals surface area (Å²) in [6.45, 7) is 7.04. The van der Waals surface area contributed by atoms with E-state index >= 15 is 0 Å². The van der Waals surface area contributed by atoms with Gasteiger partial charge < -0.3 is 10.2 Å². The fraction of sp³-hybridized carbons (Fsp3) is 0.579. The molecule has 1 aromatic carbocycles. The van der Waals surface area contributed by atoms with Crippen LogP contribution in [0.3, 0.4) is 0 Å². The molecule has 0 aliphatic carbocycles. The third-order valence-corrected chi connectivity index (χ3v) is 4.88. The van der Waals surface area contributed by atoms with Crippen LogP contribution in [0.25, 0.3) is 0 Å². The Morgan fingerprint density at radius 3 is 2.50 bits per heavy atom. The monoisotopic (exact) mass is 331 g/mol. The number of amides is 2. The predicted octanol–water partition coefficient (Wildman–Crippen LogP) is 2.05. The van der Waals surface area contributed by atoms with Crippen LogP contribution in [0, 0.1) is 5.92 Å². The van der Waals surface area contributed by atoms with Crippen molar-refractivity contribution < 1.29 is 9.59 Å². The molecule has 5 nitrogen and oxygen atoms in total. The van der Waals surface area contributed by atoms with Gasteiger partial charge in [-0.25, -0.2) is 0 Å². The van der Waals surface area contributed by atoms with Crippen molar-refractivity contribution in [3.63, 3.8) is 0 Å². The number of hydrogen-bond acceptors (Lipinski definition) is 3. The number of carbonyl (C=O) groups excluding carboxylic acids is 2. The molecule has 0 saturated carbocycles. The maximum Gasteiger partial charge on any atom is 0.244 e. The van der Waals surface area contributed by atoms with Gasteiger partial charge in [0.2, 0.25) is 11.8 Å². The largest absolute Gasteiger partial charge is 0.359 e. The molecule has 0 bridgehead atoms. The Kier molecular flexibility index (Phi) is 6.79. The lowest BCUT2D eigenvalue weighted by molar-refractivity contribution is -0.140. The first-order chi connectivity index (χ1) is 11.6. The van der Waals surface area contributed by atoms with Crippen LogP contribution in [0.1, 0.15) is 38.3 Å². The molecule has 1 saturated heterocycles. The molecule has 2 unspecified atom stereocenters. The highest BCUT2D eigenvalue weighted by Crippen LogP contribution is 2.26. The van der Waals surface area contributed by atoms with E-state index < -0.39 is 0 Å². The molecular weight excluding hydrogens is 302 g/mol. The summed E-state index contributed by atoms with van der Waals surface area (Å²) < 4.78 is 0. The topological polar surface area (TPSA) is 52.7 Å². The van der Waals surface area contributed by atoms with E-state index in [9.17, 15) is 9.59 Å². The summed E-state index contributed by atoms with van der Waals surface area (Å²) >= 11 is 0. The Labute approximate surface area is 145 Å². The first kappa shape index (κ1) is 18.5. The van der Waals surface area contributed by atoms with Gasteiger partial charge in [0.1, 0.15) is 6.04 Å². The summed E-state index contributed by atoms with van der Waals surface area (Å²) in [7, 11) is 1.66. The molecule has 1 fully saturated rings. The molecule has 0 radical (unpaired) electrons. The van der Waals surface area contributed by atoms with Crippen LogP contribution in [0.5, 0.6) is 0 Å². The minimum Gasteiger partial charge on any atom is -0.359 e. The number of piperidine rings is 1. The van der Waals surface area contributed by atoms with Gasteiger partial charge in [0.25, 0.3) is 0 Å². The van der Waals surface area contributed by atoms with Crippen LogP contribution in [-0.2, 0) is 9.59 Å². The molecule has 2 atom stereocenters. The summed E-state index contributed by atoms with van der Waals surface area (Å²) in [6, 6.07) is 9.67. The third kappa shape index (κ3) is 4.15. The van der Waals surface area contributed by atoms with E-state index in [0.717, 1.165) is 38.0 Å². The minimum absolute atomic E-state index is 0.0339. The zero-order chi connectivity index (χ0) is 17.5. The molecule has 0 aromatic heterocycles. The molecule has 1 aliphatic rings. The lowest BCUT2D eigenvalue weighted by atomic mass is 9.95. The molecule has 1 N–H and O–H groups in total. The number of likely N-dealkylation sites (N-methyl/N-ethyl adjacent to an activating group) is 1. The van der Waals surface area contributed by atoms with Gasteiger partial charge in [-0.1, -0.05) is 44.2 Å². The quantitative estimate of drug-likeness (QED) is 0.868. The van der Waals surface area contributed by atoms with Gasteiger partial charge in [0.05, 0.1) is 5.92 Å². The average Bonchev–Trinajstić information content (AvgIpc) is 2.65. The predicted molar refractivity (Wildman–Crippen MR) is 95.5 cm³/mol. The van der Waals surface area contributed by atoms with Gasteiger partial charge in [0, 0.05) is 20.1 Å². The fourth-order valence-electron chi connectivity index (χ4n) is 3.50. The van der Waals surface area contributed by atoms with E-state index in [-0.39, 0.29) is 23.8 Å². The van der Waals surface area contributed by atoms with Gasteiger partial charge >= 0.3 is 0 Å². The molecule has 5 heteroatoms. The molecule has 1 aliphatic heterocycles. The van der Waals surface area contributed by atoms with Crippen LogP contribution in [-0.4, -0.2) is 54.8 Å². The number of carbonyl (C=O) groups is 2. The van der Waals surface area contributed by atoms with Crippen LogP contribution < -0.4 is 5.32 Å². The Hall–Kier alpha value is -1.88. The lowest BCUT2D eigenvalue weighted by Crippen LogP contribution is -2.49. The van der Waals surface area contributed by atoms with Crippen LogP contribution in [0.15, 0.2) is 30.3 Å². The molecule has 2 amide bonds. The molecule has 1 aromatic rings. The van der Waals surface area contributed by atoms with E-state index in [1.807, 2.05) is 35.2 Å². The maximum absolute atomic E-state index is 13.3. The average molecular weight is 331 g/mol. The van der Waals surface area contributed by atoms with E-state index in [1.165, 1.54) is 0 Å². The second-order valence-corrected chi connectivity index (χ2v) is 6.27. The van der Waals surface area contributed by atoms with E-state index in [2.05, 4.69) is 24.1 Å². The van der Waals surface area contributed by atoms with Gasteiger partial charge in [-0.2, -0.15) is 0 Å². The third-order valence-electron chi connectivity index (χ3n) is 4.88. The van der Waals surface area contributed by atoms with Crippen molar-refractivity contribution >= 4 is 11.8 Å². The number of benzene rings is 1. The van der Waals surface area contributed by atoms with E-state index in [1.54, 1.807) is 7.05 Å². The standard InChI is InChI=1S/C19H29N3O2/c1-4-21(5-2)17(15-10-7-6-8-11-15)19(24)22-13-9-12-16(14-22)18(23)20-3/h6-8,10-11,16-17H,4-5,9,12-14H2,1-3H3,(H,20,23). The summed E-state index contributed by atoms with van der Waals surface area (Å²) in [5.41, 5.74) is 1.02. The van der Waals surface area contributed by atoms with Gasteiger partial charge in [-0.3, -0.25) is 14.5 Å². The van der Waals surface area contributed by atoms with Gasteiger partial charge in [-0.05, 0) is 31.5 Å². The zero-order valence-electron chi connectivity index (χ0n) is 15.0. The number of rotatable bonds is 6. The summed E-state index contributed by atoms with van der Waals surface area (Å²) in [6.07, 6.45) is 1.73. The number of nitrogens with one attached hydrogen (secondary N) is 1. The summed E-state index contributed by atoms with van der Waals surface area (Å²) in [5.74, 6) is 0.0472. The van der Waals surface area contributed by atoms with E-state index in [0.29, 0.717) is 6.54 Å². The van der Waals surface area contributed by atoms with Crippen molar-refractivity contribution in [2.45, 2.75) is 32.7 Å². The summed E-state index contributed by atoms with van der Waals surface area (Å²) in [5, 5.41) is 2.71. The molecular formula is C19H29N3O2. The molecule has 24 heavy (non-hydrogen) atoms. The SMILES string of the molecule is CCN(CC)C(C(=O)N1CCCC(C(=O)NC)C1)c1ccccc1. The molecule has 132 valence electrons. The minimum atomic E-state index is -0.273. The highest BCUT2D eigenvalue weighted by Gasteiger charge is 2.34. The second-order valence-electron chi connectivity index (χ2n) is 6.27. The Morgan fingerprint density at radius 1 is 1.25 bits per heavy atom. The lowest BCUT2D eigenvalue weighted by Gasteiger charge is -2.37. The highest BCUT2D eigenvalue weighted by molar-refractivity contribution is 5.85. The Balaban J connectivity index is 2.22. The van der Waals surface area contributed by atoms with Gasteiger partial charge in [0.15, 0.2) is 0 Å². The van der Waals surface area contributed by atoms with Crippen LogP contribution in [0.2, 0.25) is 0 Å². The number of nitrogens with zero attached hydrogens (tertiary/aromatic N) is 2. The van der Waals surface area contributed by atoms with Crippen LogP contribution >= 0.6 is 0 Å². The first-order valence-electron chi connectivity index (χ1n) is 8.91. The van der Waals surface area contributed by atoms with Gasteiger partial charge in [-0.15, -0.1) is 0 Å². The van der Waals surface area contributed by atoms with Crippen molar-refractivity contribution in [1.82, 2.24) is 15.1 Å². The Morgan fingerprint density at radius 2 is 1.92 bits per heavy atom. The second kappa shape index (κ2) is 8.83. The zero-order valence-corrected chi connectivity index (χ0v) is 15.0. The maximum atomic E-state index is 13.3. The van der Waals surface area contributed by atoms with Crippen molar-refractivity contribution in [3.05, 3.63) is 35.9 Å². The molecule has 0 spiro atoms. The van der Waals surface area contributed by atoms with Crippen molar-refractivity contribution in [1.29, 1.82) is 0 Å². The van der Waals surface area contributed by atoms with E-state index in [4.69, 9.17) is 0 Å². The normalized spacial score (nSPS) is 19.2. The van der Waals surface area contributed by atoms with Crippen LogP contribution in [0.4, 0.5) is 0 Å². The smallest absolute Gasteiger partial charge is 0.244 e. The Bertz CT molecular complexity index is 543. The molecule has 2 rings (SSSR count). The number of likely N-dealkylation sites (tertiary alicyclic amines) is 1. The molecule has 1 heterocycles. The number of hydrogen-bond donors (Lipinski definition) is 1. The fourth-order valence-corrected chi connectivity index (χ4v) is 3.50. The van der Waals surface area contributed by atoms with Crippen molar-refractivity contribution in [3.8, 4) is 0 Å². The first-order valence-corrected chi connectivity index (χ1v) is 8.91. The highest BCUT2D eigenvalue weighted by atomic mass is 16.2.